The summed E-state index contributed by atoms with van der Waals surface area (Å²) in [6.07, 6.45) is 2.10. The number of piperidine rings is 1. The molecule has 2 aliphatic heterocycles. The molecule has 0 bridgehead atoms. The maximum atomic E-state index is 12.1. The summed E-state index contributed by atoms with van der Waals surface area (Å²) in [6, 6.07) is 5.79. The topological polar surface area (TPSA) is 83.1 Å². The number of carbonyl (C=O) groups excluding carboxylic acids is 1. The Morgan fingerprint density at radius 3 is 3.25 bits per heavy atom. The Labute approximate surface area is 121 Å². The van der Waals surface area contributed by atoms with E-state index in [2.05, 4.69) is 18.9 Å². The summed E-state index contributed by atoms with van der Waals surface area (Å²) >= 11 is 1.15. The van der Waals surface area contributed by atoms with Crippen LogP contribution in [0.5, 0.6) is 0 Å². The molecule has 0 spiro atoms. The molecule has 0 aromatic heterocycles. The first-order valence-corrected chi connectivity index (χ1v) is 7.44. The van der Waals surface area contributed by atoms with Crippen LogP contribution in [0.3, 0.4) is 0 Å². The molecule has 20 heavy (non-hydrogen) atoms. The maximum absolute atomic E-state index is 12.1. The lowest BCUT2D eigenvalue weighted by molar-refractivity contribution is -0.117. The lowest BCUT2D eigenvalue weighted by Crippen LogP contribution is -2.45. The predicted octanol–water partition coefficient (Wildman–Crippen LogP) is 1.77. The Morgan fingerprint density at radius 2 is 2.40 bits per heavy atom. The minimum Gasteiger partial charge on any atom is -0.327 e. The third-order valence-corrected chi connectivity index (χ3v) is 4.01. The molecule has 0 radical (unpaired) electrons. The molecule has 0 unspecified atom stereocenters. The average molecular weight is 291 g/mol. The van der Waals surface area contributed by atoms with Crippen LogP contribution >= 0.6 is 0 Å². The first-order chi connectivity index (χ1) is 9.72. The van der Waals surface area contributed by atoms with Gasteiger partial charge in [-0.1, -0.05) is 6.07 Å². The average Bonchev–Trinajstić information content (AvgIpc) is 2.88. The highest BCUT2D eigenvalue weighted by Gasteiger charge is 2.19. The van der Waals surface area contributed by atoms with Crippen molar-refractivity contribution in [2.24, 2.45) is 14.5 Å². The Bertz CT molecular complexity index is 596. The van der Waals surface area contributed by atoms with Gasteiger partial charge in [-0.15, -0.1) is 0 Å². The van der Waals surface area contributed by atoms with Crippen molar-refractivity contribution in [1.82, 2.24) is 4.90 Å². The number of likely N-dealkylation sites (tertiary alicyclic amines) is 1. The molecule has 7 heteroatoms. The molecule has 2 heterocycles. The molecule has 0 saturated carbocycles. The number of nitrogens with one attached hydrogen (secondary N) is 1. The molecule has 0 aliphatic carbocycles. The summed E-state index contributed by atoms with van der Waals surface area (Å²) in [5.74, 6) is -0.0281. The molecule has 1 saturated heterocycles. The number of carbonyl (C=O) groups is 1. The van der Waals surface area contributed by atoms with E-state index in [4.69, 9.17) is 5.73 Å². The van der Waals surface area contributed by atoms with Gasteiger partial charge in [0.2, 0.25) is 5.91 Å². The lowest BCUT2D eigenvalue weighted by atomic mass is 10.1. The number of hydrogen-bond donors (Lipinski definition) is 2. The predicted molar refractivity (Wildman–Crippen MR) is 80.3 cm³/mol. The quantitative estimate of drug-likeness (QED) is 0.904. The third-order valence-electron chi connectivity index (χ3n) is 3.47. The monoisotopic (exact) mass is 291 g/mol. The van der Waals surface area contributed by atoms with Crippen LogP contribution in [0, 0.1) is 0 Å². The van der Waals surface area contributed by atoms with Crippen molar-refractivity contribution in [1.29, 1.82) is 0 Å². The normalized spacial score (nSPS) is 21.4. The zero-order valence-electron chi connectivity index (χ0n) is 11.1. The fourth-order valence-electron chi connectivity index (χ4n) is 2.53. The van der Waals surface area contributed by atoms with Gasteiger partial charge in [0.25, 0.3) is 0 Å². The summed E-state index contributed by atoms with van der Waals surface area (Å²) < 4.78 is 8.38. The molecule has 1 aromatic carbocycles. The molecule has 1 amide bonds. The van der Waals surface area contributed by atoms with Crippen molar-refractivity contribution in [3.63, 3.8) is 0 Å². The molecule has 6 nitrogen and oxygen atoms in total. The van der Waals surface area contributed by atoms with Gasteiger partial charge in [-0.2, -0.15) is 8.73 Å². The van der Waals surface area contributed by atoms with Gasteiger partial charge in [0, 0.05) is 12.6 Å². The second-order valence-electron chi connectivity index (χ2n) is 5.12. The molecule has 3 rings (SSSR count). The van der Waals surface area contributed by atoms with Gasteiger partial charge in [0.05, 0.1) is 23.6 Å². The van der Waals surface area contributed by atoms with Crippen LogP contribution in [0.25, 0.3) is 0 Å². The second kappa shape index (κ2) is 5.82. The fourth-order valence-corrected chi connectivity index (χ4v) is 3.08. The number of hydrogen-bond acceptors (Lipinski definition) is 5. The highest BCUT2D eigenvalue weighted by Crippen LogP contribution is 2.38. The summed E-state index contributed by atoms with van der Waals surface area (Å²) in [6.45, 7) is 2.10. The molecular formula is C13H17N5OS. The van der Waals surface area contributed by atoms with Crippen molar-refractivity contribution >= 4 is 34.3 Å². The van der Waals surface area contributed by atoms with Gasteiger partial charge >= 0.3 is 0 Å². The minimum atomic E-state index is -0.0281. The van der Waals surface area contributed by atoms with E-state index in [-0.39, 0.29) is 11.9 Å². The van der Waals surface area contributed by atoms with Gasteiger partial charge in [-0.3, -0.25) is 9.69 Å². The van der Waals surface area contributed by atoms with Gasteiger partial charge < -0.3 is 11.1 Å². The lowest BCUT2D eigenvalue weighted by Gasteiger charge is -2.29. The van der Waals surface area contributed by atoms with Gasteiger partial charge in [-0.05, 0) is 31.5 Å². The van der Waals surface area contributed by atoms with Crippen molar-refractivity contribution < 1.29 is 4.79 Å². The van der Waals surface area contributed by atoms with Gasteiger partial charge in [0.15, 0.2) is 0 Å². The van der Waals surface area contributed by atoms with E-state index in [1.54, 1.807) is 0 Å². The molecule has 1 aromatic rings. The van der Waals surface area contributed by atoms with Crippen LogP contribution in [0.15, 0.2) is 26.9 Å². The minimum absolute atomic E-state index is 0.0281. The van der Waals surface area contributed by atoms with Crippen LogP contribution < -0.4 is 11.1 Å². The van der Waals surface area contributed by atoms with Crippen LogP contribution in [-0.4, -0.2) is 36.5 Å². The number of fused-ring (bicyclic) bond motifs is 1. The standard InChI is InChI=1S/C13H17N5OS/c14-9-3-2-6-18(7-9)8-12(19)15-10-4-1-5-11-13(10)17-20-16-11/h1,4-5,9H,2-3,6-8,14H2,(H,15,19)/t9-/m1/s1. The summed E-state index contributed by atoms with van der Waals surface area (Å²) in [4.78, 5) is 14.2. The first-order valence-electron chi connectivity index (χ1n) is 6.71. The molecule has 1 fully saturated rings. The molecule has 1 atom stereocenters. The van der Waals surface area contributed by atoms with Crippen LogP contribution in [-0.2, 0) is 16.1 Å². The van der Waals surface area contributed by atoms with Gasteiger partial charge in [0.1, 0.15) is 11.4 Å². The van der Waals surface area contributed by atoms with E-state index >= 15 is 0 Å². The zero-order chi connectivity index (χ0) is 13.9. The second-order valence-corrected chi connectivity index (χ2v) is 5.65. The zero-order valence-corrected chi connectivity index (χ0v) is 11.9. The van der Waals surface area contributed by atoms with Crippen molar-refractivity contribution in [3.05, 3.63) is 18.2 Å². The fraction of sp³-hybridized carbons (Fsp3) is 0.462. The van der Waals surface area contributed by atoms with Crippen molar-refractivity contribution in [2.75, 3.05) is 25.0 Å². The molecule has 2 aliphatic rings. The van der Waals surface area contributed by atoms with Crippen molar-refractivity contribution in [3.8, 4) is 0 Å². The van der Waals surface area contributed by atoms with Crippen LogP contribution in [0.1, 0.15) is 12.8 Å². The van der Waals surface area contributed by atoms with E-state index in [9.17, 15) is 4.79 Å². The van der Waals surface area contributed by atoms with Crippen LogP contribution in [0.4, 0.5) is 17.1 Å². The summed E-state index contributed by atoms with van der Waals surface area (Å²) in [5, 5.41) is 2.92. The highest BCUT2D eigenvalue weighted by molar-refractivity contribution is 7.58. The van der Waals surface area contributed by atoms with E-state index in [1.807, 2.05) is 18.2 Å². The van der Waals surface area contributed by atoms with Gasteiger partial charge in [-0.25, -0.2) is 0 Å². The molecule has 3 N–H and O–H groups in total. The Kier molecular flexibility index (Phi) is 3.90. The largest absolute Gasteiger partial charge is 0.327 e. The van der Waals surface area contributed by atoms with Crippen LogP contribution in [0.2, 0.25) is 0 Å². The third kappa shape index (κ3) is 2.95. The summed E-state index contributed by atoms with van der Waals surface area (Å²) in [5.41, 5.74) is 8.21. The van der Waals surface area contributed by atoms with E-state index in [0.717, 1.165) is 54.3 Å². The Hall–Kier alpha value is -1.57. The van der Waals surface area contributed by atoms with E-state index in [0.29, 0.717) is 6.54 Å². The molecule has 106 valence electrons. The first kappa shape index (κ1) is 13.4. The SMILES string of the molecule is N[C@@H]1CCCN(CC(=O)Nc2cccc3c2N=S=N3)C1. The highest BCUT2D eigenvalue weighted by atomic mass is 32.1. The maximum Gasteiger partial charge on any atom is 0.238 e. The number of anilines is 1. The number of nitrogens with zero attached hydrogens (tertiary/aromatic N) is 3. The Balaban J connectivity index is 1.62. The number of nitrogens with two attached hydrogens (primary N) is 1. The number of amides is 1. The Morgan fingerprint density at radius 1 is 1.50 bits per heavy atom. The molecular weight excluding hydrogens is 274 g/mol. The van der Waals surface area contributed by atoms with Crippen molar-refractivity contribution in [2.45, 2.75) is 18.9 Å². The van der Waals surface area contributed by atoms with E-state index in [1.165, 1.54) is 0 Å². The smallest absolute Gasteiger partial charge is 0.238 e. The number of rotatable bonds is 3. The van der Waals surface area contributed by atoms with E-state index < -0.39 is 0 Å². The number of benzene rings is 1. The summed E-state index contributed by atoms with van der Waals surface area (Å²) in [7, 11) is 0.